The van der Waals surface area contributed by atoms with Crippen LogP contribution in [0.4, 0.5) is 0 Å². The Morgan fingerprint density at radius 3 is 2.54 bits per heavy atom. The van der Waals surface area contributed by atoms with Gasteiger partial charge in [-0.05, 0) is 29.3 Å². The molecule has 0 unspecified atom stereocenters. The molecular formula is C16H22N2O4S2. The zero-order valence-electron chi connectivity index (χ0n) is 13.6. The van der Waals surface area contributed by atoms with E-state index in [1.807, 2.05) is 25.1 Å². The molecule has 1 saturated heterocycles. The first-order chi connectivity index (χ1) is 11.5. The summed E-state index contributed by atoms with van der Waals surface area (Å²) in [5.41, 5.74) is 0. The van der Waals surface area contributed by atoms with E-state index in [0.717, 1.165) is 17.9 Å². The Kier molecular flexibility index (Phi) is 10.2. The van der Waals surface area contributed by atoms with Crippen LogP contribution in [0.1, 0.15) is 39.0 Å². The summed E-state index contributed by atoms with van der Waals surface area (Å²) in [5, 5.41) is 9.29. The second-order valence-electron chi connectivity index (χ2n) is 5.01. The van der Waals surface area contributed by atoms with Gasteiger partial charge in [0.15, 0.2) is 0 Å². The van der Waals surface area contributed by atoms with Gasteiger partial charge in [0.2, 0.25) is 11.8 Å². The van der Waals surface area contributed by atoms with Gasteiger partial charge in [-0.15, -0.1) is 0 Å². The van der Waals surface area contributed by atoms with E-state index in [9.17, 15) is 14.4 Å². The largest absolute Gasteiger partial charge is 0.481 e. The molecule has 0 aliphatic carbocycles. The molecule has 24 heavy (non-hydrogen) atoms. The predicted molar refractivity (Wildman–Crippen MR) is 95.7 cm³/mol. The highest BCUT2D eigenvalue weighted by Gasteiger charge is 2.27. The number of pyridine rings is 1. The van der Waals surface area contributed by atoms with E-state index in [2.05, 4.69) is 4.98 Å². The first kappa shape index (κ1) is 20.5. The molecule has 1 aliphatic heterocycles. The molecule has 6 nitrogen and oxygen atoms in total. The first-order valence-corrected chi connectivity index (χ1v) is 10.1. The lowest BCUT2D eigenvalue weighted by Crippen LogP contribution is -2.29. The molecule has 1 aliphatic rings. The number of aliphatic carboxylic acids is 1. The van der Waals surface area contributed by atoms with Crippen molar-refractivity contribution >= 4 is 39.4 Å². The second-order valence-corrected chi connectivity index (χ2v) is 7.45. The molecular weight excluding hydrogens is 348 g/mol. The lowest BCUT2D eigenvalue weighted by Gasteiger charge is -2.11. The lowest BCUT2D eigenvalue weighted by molar-refractivity contribution is -0.139. The van der Waals surface area contributed by atoms with Crippen LogP contribution in [0.2, 0.25) is 0 Å². The van der Waals surface area contributed by atoms with Crippen molar-refractivity contribution in [1.82, 2.24) is 9.88 Å². The molecule has 2 rings (SSSR count). The number of carboxylic acids is 1. The summed E-state index contributed by atoms with van der Waals surface area (Å²) in [5.74, 6) is -0.141. The van der Waals surface area contributed by atoms with Crippen LogP contribution in [-0.4, -0.2) is 45.1 Å². The third-order valence-electron chi connectivity index (χ3n) is 3.07. The van der Waals surface area contributed by atoms with Crippen molar-refractivity contribution < 1.29 is 19.5 Å². The molecule has 0 bridgehead atoms. The Morgan fingerprint density at radius 1 is 1.29 bits per heavy atom. The van der Waals surface area contributed by atoms with Crippen LogP contribution in [0.3, 0.4) is 0 Å². The van der Waals surface area contributed by atoms with Gasteiger partial charge < -0.3 is 5.11 Å². The van der Waals surface area contributed by atoms with Gasteiger partial charge in [0.05, 0.1) is 6.42 Å². The number of unbranched alkanes of at least 4 members (excludes halogenated alkanes) is 1. The summed E-state index contributed by atoms with van der Waals surface area (Å²) in [6.45, 7) is 2.67. The van der Waals surface area contributed by atoms with Crippen molar-refractivity contribution in [3.05, 3.63) is 24.4 Å². The molecule has 0 spiro atoms. The monoisotopic (exact) mass is 370 g/mol. The van der Waals surface area contributed by atoms with Gasteiger partial charge in [0, 0.05) is 31.3 Å². The van der Waals surface area contributed by atoms with E-state index in [1.54, 1.807) is 6.20 Å². The molecule has 0 atom stereocenters. The Morgan fingerprint density at radius 2 is 2.00 bits per heavy atom. The van der Waals surface area contributed by atoms with Crippen LogP contribution >= 0.6 is 21.6 Å². The number of hydrogen-bond acceptors (Lipinski definition) is 6. The maximum atomic E-state index is 11.0. The number of carbonyl (C=O) groups excluding carboxylic acids is 2. The van der Waals surface area contributed by atoms with E-state index >= 15 is 0 Å². The highest BCUT2D eigenvalue weighted by molar-refractivity contribution is 8.76. The van der Waals surface area contributed by atoms with Crippen LogP contribution in [0.25, 0.3) is 0 Å². The Hall–Kier alpha value is -1.54. The predicted octanol–water partition coefficient (Wildman–Crippen LogP) is 3.23. The second kappa shape index (κ2) is 11.9. The fraction of sp³-hybridized carbons (Fsp3) is 0.500. The molecule has 0 saturated carbocycles. The van der Waals surface area contributed by atoms with Gasteiger partial charge in [-0.3, -0.25) is 19.3 Å². The molecule has 1 N–H and O–H groups in total. The normalized spacial score (nSPS) is 13.6. The first-order valence-electron chi connectivity index (χ1n) is 7.80. The molecule has 1 aromatic rings. The van der Waals surface area contributed by atoms with Crippen molar-refractivity contribution in [2.24, 2.45) is 0 Å². The van der Waals surface area contributed by atoms with Crippen molar-refractivity contribution in [3.8, 4) is 0 Å². The molecule has 8 heteroatoms. The number of carbonyl (C=O) groups is 3. The summed E-state index contributed by atoms with van der Waals surface area (Å²) in [7, 11) is 3.01. The molecule has 1 aromatic heterocycles. The van der Waals surface area contributed by atoms with E-state index in [1.165, 1.54) is 26.5 Å². The minimum Gasteiger partial charge on any atom is -0.481 e. The Balaban J connectivity index is 0.000000243. The van der Waals surface area contributed by atoms with Crippen LogP contribution in [0.5, 0.6) is 0 Å². The molecule has 1 fully saturated rings. The highest BCUT2D eigenvalue weighted by atomic mass is 33.1. The van der Waals surface area contributed by atoms with Gasteiger partial charge in [-0.2, -0.15) is 0 Å². The minimum atomic E-state index is -0.755. The van der Waals surface area contributed by atoms with Crippen LogP contribution in [-0.2, 0) is 14.4 Å². The topological polar surface area (TPSA) is 87.6 Å². The maximum Gasteiger partial charge on any atom is 0.304 e. The van der Waals surface area contributed by atoms with E-state index in [-0.39, 0.29) is 18.2 Å². The third-order valence-corrected chi connectivity index (χ3v) is 5.34. The van der Waals surface area contributed by atoms with Crippen molar-refractivity contribution in [2.45, 2.75) is 44.1 Å². The number of hydrogen-bond donors (Lipinski definition) is 1. The van der Waals surface area contributed by atoms with Gasteiger partial charge in [-0.25, -0.2) is 4.98 Å². The Labute approximate surface area is 149 Å². The SMILES string of the molecule is CCCCN1C(=O)CCC1=O.O=C(O)CCSSc1ccccn1. The van der Waals surface area contributed by atoms with Crippen LogP contribution in [0.15, 0.2) is 29.4 Å². The number of aromatic nitrogens is 1. The number of nitrogens with zero attached hydrogens (tertiary/aromatic N) is 2. The summed E-state index contributed by atoms with van der Waals surface area (Å²) in [6, 6.07) is 5.66. The molecule has 132 valence electrons. The number of rotatable bonds is 8. The molecule has 2 amide bonds. The van der Waals surface area contributed by atoms with Crippen molar-refractivity contribution in [3.63, 3.8) is 0 Å². The van der Waals surface area contributed by atoms with Gasteiger partial charge in [-0.1, -0.05) is 30.2 Å². The average molecular weight is 370 g/mol. The van der Waals surface area contributed by atoms with Crippen molar-refractivity contribution in [2.75, 3.05) is 12.3 Å². The van der Waals surface area contributed by atoms with Crippen LogP contribution < -0.4 is 0 Å². The fourth-order valence-electron chi connectivity index (χ4n) is 1.82. The zero-order valence-corrected chi connectivity index (χ0v) is 15.3. The zero-order chi connectivity index (χ0) is 17.8. The molecule has 0 radical (unpaired) electrons. The third kappa shape index (κ3) is 8.35. The maximum absolute atomic E-state index is 11.0. The Bertz CT molecular complexity index is 524. The summed E-state index contributed by atoms with van der Waals surface area (Å²) >= 11 is 0. The van der Waals surface area contributed by atoms with E-state index < -0.39 is 5.97 Å². The van der Waals surface area contributed by atoms with E-state index in [4.69, 9.17) is 5.11 Å². The summed E-state index contributed by atoms with van der Waals surface area (Å²) in [4.78, 5) is 37.6. The summed E-state index contributed by atoms with van der Waals surface area (Å²) in [6.07, 6.45) is 4.71. The van der Waals surface area contributed by atoms with Gasteiger partial charge >= 0.3 is 5.97 Å². The minimum absolute atomic E-state index is 0.00319. The fourth-order valence-corrected chi connectivity index (χ4v) is 3.67. The quantitative estimate of drug-likeness (QED) is 0.427. The van der Waals surface area contributed by atoms with Crippen LogP contribution in [0, 0.1) is 0 Å². The van der Waals surface area contributed by atoms with Gasteiger partial charge in [0.25, 0.3) is 0 Å². The van der Waals surface area contributed by atoms with Gasteiger partial charge in [0.1, 0.15) is 5.03 Å². The van der Waals surface area contributed by atoms with E-state index in [0.29, 0.717) is 25.1 Å². The highest BCUT2D eigenvalue weighted by Crippen LogP contribution is 2.29. The molecule has 0 aromatic carbocycles. The number of imide groups is 1. The standard InChI is InChI=1S/C8H9NO2S2.C8H13NO2/c10-8(11)4-6-12-13-7-3-1-2-5-9-7;1-2-3-6-9-7(10)4-5-8(9)11/h1-3,5H,4,6H2,(H,10,11);2-6H2,1H3. The number of amides is 2. The number of carboxylic acid groups (broad SMARTS) is 1. The average Bonchev–Trinajstić information content (AvgIpc) is 2.89. The lowest BCUT2D eigenvalue weighted by atomic mass is 10.3. The smallest absolute Gasteiger partial charge is 0.304 e. The molecule has 2 heterocycles. The summed E-state index contributed by atoms with van der Waals surface area (Å²) < 4.78 is 0. The number of likely N-dealkylation sites (tertiary alicyclic amines) is 1. The van der Waals surface area contributed by atoms with Crippen molar-refractivity contribution in [1.29, 1.82) is 0 Å².